The standard InChI is InChI=1S/C52H106NO7P/c1-6-8-10-12-14-16-18-20-22-23-24-25-26-27-28-29-30-31-33-35-37-39-41-43-45-52(54)60-51(50-59-61(55,56)58-48-46-53(3,4)5)49-57-47-44-42-40-38-36-34-32-21-19-17-15-13-11-9-7-2/h51H,6-50H2,1-5H3/p+1. The zero-order valence-corrected chi connectivity index (χ0v) is 42.6. The SMILES string of the molecule is CCCCCCCCCCCCCCCCCCCCCCCCCCC(=O)OC(COCCCCCCCCCCCCCCCCC)COP(=O)(O)OCC[N+](C)(C)C. The van der Waals surface area contributed by atoms with Crippen LogP contribution in [-0.2, 0) is 27.9 Å². The second kappa shape index (κ2) is 46.0. The Labute approximate surface area is 380 Å². The summed E-state index contributed by atoms with van der Waals surface area (Å²) >= 11 is 0. The number of rotatable bonds is 51. The molecule has 0 saturated heterocycles. The highest BCUT2D eigenvalue weighted by Crippen LogP contribution is 2.43. The summed E-state index contributed by atoms with van der Waals surface area (Å²) in [4.78, 5) is 23.0. The number of hydrogen-bond acceptors (Lipinski definition) is 6. The van der Waals surface area contributed by atoms with Crippen LogP contribution in [0.25, 0.3) is 0 Å². The number of quaternary nitrogens is 1. The predicted molar refractivity (Wildman–Crippen MR) is 261 cm³/mol. The Kier molecular flexibility index (Phi) is 45.7. The molecule has 1 N–H and O–H groups in total. The molecule has 0 radical (unpaired) electrons. The molecule has 0 bridgehead atoms. The molecule has 0 spiro atoms. The summed E-state index contributed by atoms with van der Waals surface area (Å²) in [6.45, 7) is 5.71. The Balaban J connectivity index is 4.02. The molecular formula is C52H107NO7P+. The smallest absolute Gasteiger partial charge is 0.457 e. The van der Waals surface area contributed by atoms with Crippen LogP contribution in [0.3, 0.4) is 0 Å². The van der Waals surface area contributed by atoms with Crippen LogP contribution < -0.4 is 0 Å². The van der Waals surface area contributed by atoms with Gasteiger partial charge in [0.05, 0.1) is 34.4 Å². The number of nitrogens with zero attached hydrogens (tertiary/aromatic N) is 1. The fourth-order valence-electron chi connectivity index (χ4n) is 8.03. The van der Waals surface area contributed by atoms with Gasteiger partial charge in [0.15, 0.2) is 0 Å². The van der Waals surface area contributed by atoms with Gasteiger partial charge in [-0.15, -0.1) is 0 Å². The number of carbonyl (C=O) groups is 1. The van der Waals surface area contributed by atoms with E-state index in [1.54, 1.807) is 0 Å². The van der Waals surface area contributed by atoms with Crippen LogP contribution in [0.2, 0.25) is 0 Å². The highest BCUT2D eigenvalue weighted by Gasteiger charge is 2.26. The molecule has 0 aromatic heterocycles. The molecule has 0 aromatic rings. The van der Waals surface area contributed by atoms with Gasteiger partial charge in [0, 0.05) is 13.0 Å². The van der Waals surface area contributed by atoms with Crippen molar-refractivity contribution in [3.63, 3.8) is 0 Å². The van der Waals surface area contributed by atoms with Gasteiger partial charge in [0.2, 0.25) is 0 Å². The second-order valence-corrected chi connectivity index (χ2v) is 21.1. The van der Waals surface area contributed by atoms with Crippen molar-refractivity contribution in [2.45, 2.75) is 277 Å². The first-order valence-electron chi connectivity index (χ1n) is 26.8. The van der Waals surface area contributed by atoms with E-state index in [1.807, 2.05) is 21.1 Å². The molecule has 0 aromatic carbocycles. The Morgan fingerprint density at radius 3 is 1.08 bits per heavy atom. The molecule has 0 saturated carbocycles. The Morgan fingerprint density at radius 2 is 0.754 bits per heavy atom. The molecule has 0 heterocycles. The van der Waals surface area contributed by atoms with Crippen molar-refractivity contribution in [1.82, 2.24) is 0 Å². The van der Waals surface area contributed by atoms with Crippen LogP contribution in [-0.4, -0.2) is 75.6 Å². The Hall–Kier alpha value is -0.500. The molecular weight excluding hydrogens is 782 g/mol. The van der Waals surface area contributed by atoms with Gasteiger partial charge in [-0.3, -0.25) is 13.8 Å². The van der Waals surface area contributed by atoms with Gasteiger partial charge in [-0.2, -0.15) is 0 Å². The van der Waals surface area contributed by atoms with E-state index < -0.39 is 13.9 Å². The monoisotopic (exact) mass is 889 g/mol. The average molecular weight is 889 g/mol. The summed E-state index contributed by atoms with van der Waals surface area (Å²) in [5, 5.41) is 0. The third kappa shape index (κ3) is 50.4. The lowest BCUT2D eigenvalue weighted by molar-refractivity contribution is -0.870. The lowest BCUT2D eigenvalue weighted by atomic mass is 10.0. The van der Waals surface area contributed by atoms with Crippen molar-refractivity contribution in [2.75, 3.05) is 54.1 Å². The lowest BCUT2D eigenvalue weighted by Crippen LogP contribution is -2.37. The van der Waals surface area contributed by atoms with Crippen molar-refractivity contribution in [2.24, 2.45) is 0 Å². The topological polar surface area (TPSA) is 91.3 Å². The largest absolute Gasteiger partial charge is 0.472 e. The van der Waals surface area contributed by atoms with Gasteiger partial charge >= 0.3 is 13.8 Å². The van der Waals surface area contributed by atoms with Crippen LogP contribution in [0.15, 0.2) is 0 Å². The summed E-state index contributed by atoms with van der Waals surface area (Å²) in [5.41, 5.74) is 0. The van der Waals surface area contributed by atoms with Crippen molar-refractivity contribution in [3.05, 3.63) is 0 Å². The predicted octanol–water partition coefficient (Wildman–Crippen LogP) is 16.4. The van der Waals surface area contributed by atoms with E-state index in [4.69, 9.17) is 18.5 Å². The van der Waals surface area contributed by atoms with E-state index in [1.165, 1.54) is 218 Å². The minimum Gasteiger partial charge on any atom is -0.457 e. The zero-order chi connectivity index (χ0) is 44.8. The maximum Gasteiger partial charge on any atom is 0.472 e. The highest BCUT2D eigenvalue weighted by molar-refractivity contribution is 7.47. The van der Waals surface area contributed by atoms with Crippen LogP contribution in [0, 0.1) is 0 Å². The molecule has 61 heavy (non-hydrogen) atoms. The molecule has 0 aliphatic rings. The van der Waals surface area contributed by atoms with Crippen LogP contribution >= 0.6 is 7.82 Å². The molecule has 9 heteroatoms. The first-order valence-corrected chi connectivity index (χ1v) is 28.3. The van der Waals surface area contributed by atoms with Gasteiger partial charge in [-0.25, -0.2) is 4.57 Å². The minimum atomic E-state index is -4.27. The molecule has 2 unspecified atom stereocenters. The van der Waals surface area contributed by atoms with E-state index >= 15 is 0 Å². The first-order chi connectivity index (χ1) is 29.6. The van der Waals surface area contributed by atoms with Gasteiger partial charge in [-0.05, 0) is 12.8 Å². The highest BCUT2D eigenvalue weighted by atomic mass is 31.2. The van der Waals surface area contributed by atoms with Gasteiger partial charge in [-0.1, -0.05) is 251 Å². The third-order valence-electron chi connectivity index (χ3n) is 12.2. The Bertz CT molecular complexity index is 945. The quantitative estimate of drug-likeness (QED) is 0.0281. The number of phosphoric ester groups is 1. The number of esters is 1. The van der Waals surface area contributed by atoms with Crippen LogP contribution in [0.4, 0.5) is 0 Å². The molecule has 0 fully saturated rings. The molecule has 0 aliphatic heterocycles. The van der Waals surface area contributed by atoms with Crippen molar-refractivity contribution < 1.29 is 37.3 Å². The van der Waals surface area contributed by atoms with Gasteiger partial charge < -0.3 is 18.9 Å². The summed E-state index contributed by atoms with van der Waals surface area (Å²) in [5.74, 6) is -0.304. The first kappa shape index (κ1) is 60.5. The fourth-order valence-corrected chi connectivity index (χ4v) is 8.77. The van der Waals surface area contributed by atoms with Crippen molar-refractivity contribution >= 4 is 13.8 Å². The van der Waals surface area contributed by atoms with E-state index in [0.717, 1.165) is 32.1 Å². The second-order valence-electron chi connectivity index (χ2n) is 19.6. The average Bonchev–Trinajstić information content (AvgIpc) is 3.22. The maximum absolute atomic E-state index is 12.8. The van der Waals surface area contributed by atoms with E-state index in [9.17, 15) is 14.3 Å². The molecule has 2 atom stereocenters. The summed E-state index contributed by atoms with van der Waals surface area (Å²) in [7, 11) is 1.69. The van der Waals surface area contributed by atoms with E-state index in [0.29, 0.717) is 24.1 Å². The fraction of sp³-hybridized carbons (Fsp3) is 0.981. The lowest BCUT2D eigenvalue weighted by Gasteiger charge is -2.24. The number of phosphoric acid groups is 1. The van der Waals surface area contributed by atoms with Crippen molar-refractivity contribution in [1.29, 1.82) is 0 Å². The number of likely N-dealkylation sites (N-methyl/N-ethyl adjacent to an activating group) is 1. The summed E-state index contributed by atoms with van der Waals surface area (Å²) < 4.78 is 35.2. The Morgan fingerprint density at radius 1 is 0.443 bits per heavy atom. The normalized spacial score (nSPS) is 13.5. The summed E-state index contributed by atoms with van der Waals surface area (Å²) in [6, 6.07) is 0. The number of carbonyl (C=O) groups excluding carboxylic acids is 1. The molecule has 0 rings (SSSR count). The summed E-state index contributed by atoms with van der Waals surface area (Å²) in [6.07, 6.45) is 51.5. The number of hydrogen-bond donors (Lipinski definition) is 1. The number of unbranched alkanes of at least 4 members (excludes halogenated alkanes) is 37. The van der Waals surface area contributed by atoms with Gasteiger partial charge in [0.1, 0.15) is 19.3 Å². The molecule has 0 amide bonds. The van der Waals surface area contributed by atoms with Crippen LogP contribution in [0.5, 0.6) is 0 Å². The van der Waals surface area contributed by atoms with Crippen LogP contribution in [0.1, 0.15) is 271 Å². The number of ether oxygens (including phenoxy) is 2. The third-order valence-corrected chi connectivity index (χ3v) is 13.2. The van der Waals surface area contributed by atoms with Crippen molar-refractivity contribution in [3.8, 4) is 0 Å². The molecule has 8 nitrogen and oxygen atoms in total. The molecule has 0 aliphatic carbocycles. The van der Waals surface area contributed by atoms with E-state index in [2.05, 4.69) is 13.8 Å². The minimum absolute atomic E-state index is 0.0942. The van der Waals surface area contributed by atoms with E-state index in [-0.39, 0.29) is 25.8 Å². The maximum atomic E-state index is 12.8. The van der Waals surface area contributed by atoms with Gasteiger partial charge in [0.25, 0.3) is 0 Å². The molecule has 366 valence electrons. The zero-order valence-electron chi connectivity index (χ0n) is 41.7.